The quantitative estimate of drug-likeness (QED) is 0.418. The van der Waals surface area contributed by atoms with Crippen LogP contribution in [0.1, 0.15) is 11.8 Å². The molecular weight excluding hydrogens is 400 g/mol. The molecule has 0 fully saturated rings. The summed E-state index contributed by atoms with van der Waals surface area (Å²) in [6.07, 6.45) is 3.27. The van der Waals surface area contributed by atoms with E-state index in [1.54, 1.807) is 48.1 Å². The number of rotatable bonds is 6. The summed E-state index contributed by atoms with van der Waals surface area (Å²) in [5, 5.41) is 20.1. The van der Waals surface area contributed by atoms with Crippen molar-refractivity contribution in [1.82, 2.24) is 10.5 Å². The normalized spacial score (nSPS) is 14.8. The molecule has 3 aromatic rings. The number of nitrogens with one attached hydrogen (secondary N) is 1. The Morgan fingerprint density at radius 1 is 1.11 bits per heavy atom. The summed E-state index contributed by atoms with van der Waals surface area (Å²) in [6.45, 7) is 1.24. The minimum absolute atomic E-state index is 0.0430. The number of aliphatic hydroxyl groups is 1. The van der Waals surface area contributed by atoms with Crippen LogP contribution in [-0.4, -0.2) is 34.9 Å². The molecule has 1 amide bonds. The Hall–Kier alpha value is -2.59. The summed E-state index contributed by atoms with van der Waals surface area (Å²) in [7, 11) is -4.10. The Bertz CT molecular complexity index is 1050. The van der Waals surface area contributed by atoms with E-state index in [1.165, 1.54) is 30.6 Å². The minimum atomic E-state index is -4.10. The summed E-state index contributed by atoms with van der Waals surface area (Å²) in [4.78, 5) is 16.2. The van der Waals surface area contributed by atoms with Gasteiger partial charge in [0, 0.05) is 17.3 Å². The second kappa shape index (κ2) is 7.80. The Morgan fingerprint density at radius 2 is 1.71 bits per heavy atom. The van der Waals surface area contributed by atoms with Gasteiger partial charge in [0.05, 0.1) is 4.90 Å². The molecule has 0 aliphatic carbocycles. The summed E-state index contributed by atoms with van der Waals surface area (Å²) in [5.41, 5.74) is 0.615. The average Bonchev–Trinajstić information content (AvgIpc) is 3.28. The van der Waals surface area contributed by atoms with Crippen molar-refractivity contribution in [1.29, 1.82) is 0 Å². The first-order valence-corrected chi connectivity index (χ1v) is 10.7. The lowest BCUT2D eigenvalue weighted by molar-refractivity contribution is -0.149. The minimum Gasteiger partial charge on any atom is -0.374 e. The predicted molar refractivity (Wildman–Crippen MR) is 104 cm³/mol. The number of nitrogens with zero attached hydrogens (tertiary/aromatic N) is 1. The van der Waals surface area contributed by atoms with Crippen molar-refractivity contribution >= 4 is 27.1 Å². The molecule has 1 aromatic carbocycles. The van der Waals surface area contributed by atoms with Crippen molar-refractivity contribution in [3.8, 4) is 11.1 Å². The van der Waals surface area contributed by atoms with Gasteiger partial charge in [-0.2, -0.15) is 0 Å². The van der Waals surface area contributed by atoms with Gasteiger partial charge in [0.15, 0.2) is 15.4 Å². The van der Waals surface area contributed by atoms with E-state index >= 15 is 0 Å². The van der Waals surface area contributed by atoms with Crippen molar-refractivity contribution in [2.45, 2.75) is 22.7 Å². The average molecular weight is 418 g/mol. The molecule has 0 saturated heterocycles. The Morgan fingerprint density at radius 3 is 2.25 bits per heavy atom. The van der Waals surface area contributed by atoms with E-state index < -0.39 is 26.6 Å². The molecule has 2 atom stereocenters. The molecule has 3 rings (SSSR count). The molecule has 0 saturated carbocycles. The Kier molecular flexibility index (Phi) is 5.61. The fourth-order valence-electron chi connectivity index (χ4n) is 2.89. The number of thiophene rings is 1. The van der Waals surface area contributed by atoms with Crippen molar-refractivity contribution < 1.29 is 23.5 Å². The zero-order valence-electron chi connectivity index (χ0n) is 14.8. The summed E-state index contributed by atoms with van der Waals surface area (Å²) in [6, 6.07) is 12.8. The van der Waals surface area contributed by atoms with Crippen molar-refractivity contribution in [3.05, 3.63) is 71.2 Å². The maximum absolute atomic E-state index is 13.1. The fourth-order valence-corrected chi connectivity index (χ4v) is 5.48. The second-order valence-electron chi connectivity index (χ2n) is 6.13. The number of aromatic nitrogens is 1. The Balaban J connectivity index is 2.00. The third-order valence-corrected chi connectivity index (χ3v) is 7.79. The molecule has 7 nitrogen and oxygen atoms in total. The van der Waals surface area contributed by atoms with Crippen LogP contribution in [0.5, 0.6) is 0 Å². The molecular formula is C19H18N2O5S2. The van der Waals surface area contributed by atoms with Gasteiger partial charge in [0.2, 0.25) is 0 Å². The maximum atomic E-state index is 13.1. The standard InChI is InChI=1S/C19H18N2O5S2/c1-13(19(23,18(22)21-24)17-3-2-12-27-17)28(25,26)16-6-4-14(5-7-16)15-8-10-20-11-9-15/h2-13,23-24H,1H3,(H,21,22). The second-order valence-corrected chi connectivity index (χ2v) is 9.35. The molecule has 0 aliphatic rings. The lowest BCUT2D eigenvalue weighted by Gasteiger charge is -2.30. The monoisotopic (exact) mass is 418 g/mol. The van der Waals surface area contributed by atoms with E-state index in [-0.39, 0.29) is 9.77 Å². The molecule has 0 spiro atoms. The molecule has 0 bridgehead atoms. The molecule has 0 radical (unpaired) electrons. The largest absolute Gasteiger partial charge is 0.374 e. The first-order valence-electron chi connectivity index (χ1n) is 8.27. The molecule has 146 valence electrons. The molecule has 3 N–H and O–H groups in total. The van der Waals surface area contributed by atoms with E-state index in [2.05, 4.69) is 4.98 Å². The van der Waals surface area contributed by atoms with Crippen LogP contribution in [0, 0.1) is 0 Å². The number of carbonyl (C=O) groups excluding carboxylic acids is 1. The molecule has 28 heavy (non-hydrogen) atoms. The highest BCUT2D eigenvalue weighted by Crippen LogP contribution is 2.36. The molecule has 9 heteroatoms. The number of carbonyl (C=O) groups is 1. The number of hydroxylamine groups is 1. The van der Waals surface area contributed by atoms with Gasteiger partial charge in [0.25, 0.3) is 5.91 Å². The van der Waals surface area contributed by atoms with Gasteiger partial charge in [-0.3, -0.25) is 15.0 Å². The van der Waals surface area contributed by atoms with Crippen molar-refractivity contribution in [3.63, 3.8) is 0 Å². The van der Waals surface area contributed by atoms with E-state index in [0.29, 0.717) is 0 Å². The number of amides is 1. The SMILES string of the molecule is CC(C(O)(C(=O)NO)c1cccs1)S(=O)(=O)c1ccc(-c2ccncc2)cc1. The van der Waals surface area contributed by atoms with Gasteiger partial charge in [-0.05, 0) is 53.8 Å². The zero-order chi connectivity index (χ0) is 20.4. The van der Waals surface area contributed by atoms with Gasteiger partial charge in [-0.25, -0.2) is 13.9 Å². The van der Waals surface area contributed by atoms with Crippen LogP contribution in [0.15, 0.2) is 71.2 Å². The highest BCUT2D eigenvalue weighted by molar-refractivity contribution is 7.92. The zero-order valence-corrected chi connectivity index (χ0v) is 16.4. The highest BCUT2D eigenvalue weighted by atomic mass is 32.2. The van der Waals surface area contributed by atoms with Crippen molar-refractivity contribution in [2.75, 3.05) is 0 Å². The van der Waals surface area contributed by atoms with Gasteiger partial charge < -0.3 is 5.11 Å². The number of pyridine rings is 1. The smallest absolute Gasteiger partial charge is 0.282 e. The van der Waals surface area contributed by atoms with Crippen LogP contribution in [0.4, 0.5) is 0 Å². The first-order chi connectivity index (χ1) is 13.3. The van der Waals surface area contributed by atoms with Crippen LogP contribution < -0.4 is 5.48 Å². The number of hydrogen-bond donors (Lipinski definition) is 3. The van der Waals surface area contributed by atoms with Gasteiger partial charge >= 0.3 is 0 Å². The summed E-state index contributed by atoms with van der Waals surface area (Å²) in [5.74, 6) is -1.21. The molecule has 0 aliphatic heterocycles. The van der Waals surface area contributed by atoms with Crippen LogP contribution in [0.2, 0.25) is 0 Å². The third-order valence-electron chi connectivity index (χ3n) is 4.59. The van der Waals surface area contributed by atoms with Crippen LogP contribution >= 0.6 is 11.3 Å². The summed E-state index contributed by atoms with van der Waals surface area (Å²) >= 11 is 1.02. The Labute approximate surface area is 166 Å². The fraction of sp³-hybridized carbons (Fsp3) is 0.158. The van der Waals surface area contributed by atoms with Crippen LogP contribution in [0.25, 0.3) is 11.1 Å². The summed E-state index contributed by atoms with van der Waals surface area (Å²) < 4.78 is 26.2. The molecule has 2 heterocycles. The van der Waals surface area contributed by atoms with Gasteiger partial charge in [0.1, 0.15) is 5.25 Å². The molecule has 2 unspecified atom stereocenters. The van der Waals surface area contributed by atoms with Crippen LogP contribution in [-0.2, 0) is 20.2 Å². The topological polar surface area (TPSA) is 117 Å². The van der Waals surface area contributed by atoms with Gasteiger partial charge in [-0.15, -0.1) is 11.3 Å². The lowest BCUT2D eigenvalue weighted by atomic mass is 9.97. The first kappa shape index (κ1) is 20.2. The maximum Gasteiger partial charge on any atom is 0.282 e. The van der Waals surface area contributed by atoms with E-state index in [9.17, 15) is 18.3 Å². The van der Waals surface area contributed by atoms with E-state index in [4.69, 9.17) is 5.21 Å². The van der Waals surface area contributed by atoms with E-state index in [0.717, 1.165) is 22.5 Å². The van der Waals surface area contributed by atoms with Gasteiger partial charge in [-0.1, -0.05) is 18.2 Å². The molecule has 2 aromatic heterocycles. The number of benzene rings is 1. The predicted octanol–water partition coefficient (Wildman–Crippen LogP) is 2.37. The van der Waals surface area contributed by atoms with Crippen LogP contribution in [0.3, 0.4) is 0 Å². The number of sulfone groups is 1. The van der Waals surface area contributed by atoms with Crippen molar-refractivity contribution in [2.24, 2.45) is 0 Å². The number of hydrogen-bond acceptors (Lipinski definition) is 7. The highest BCUT2D eigenvalue weighted by Gasteiger charge is 2.50. The lowest BCUT2D eigenvalue weighted by Crippen LogP contribution is -2.52. The third kappa shape index (κ3) is 3.45. The van der Waals surface area contributed by atoms with E-state index in [1.807, 2.05) is 0 Å².